The zero-order valence-electron chi connectivity index (χ0n) is 14.1. The lowest BCUT2D eigenvalue weighted by Gasteiger charge is -2.09. The second-order valence-corrected chi connectivity index (χ2v) is 6.21. The van der Waals surface area contributed by atoms with Gasteiger partial charge in [-0.15, -0.1) is 10.2 Å². The highest BCUT2D eigenvalue weighted by Crippen LogP contribution is 2.23. The van der Waals surface area contributed by atoms with Crippen molar-refractivity contribution in [3.63, 3.8) is 0 Å². The second kappa shape index (κ2) is 7.39. The highest BCUT2D eigenvalue weighted by atomic mass is 35.5. The van der Waals surface area contributed by atoms with Gasteiger partial charge in [-0.3, -0.25) is 9.78 Å². The van der Waals surface area contributed by atoms with Crippen molar-refractivity contribution >= 4 is 45.7 Å². The van der Waals surface area contributed by atoms with Crippen LogP contribution in [-0.2, 0) is 0 Å². The van der Waals surface area contributed by atoms with Gasteiger partial charge in [-0.1, -0.05) is 35.9 Å². The quantitative estimate of drug-likeness (QED) is 0.541. The summed E-state index contributed by atoms with van der Waals surface area (Å²) in [5.74, 6) is 0.598. The van der Waals surface area contributed by atoms with E-state index >= 15 is 0 Å². The van der Waals surface area contributed by atoms with E-state index in [4.69, 9.17) is 11.6 Å². The molecule has 1 amide bonds. The minimum atomic E-state index is -0.300. The molecule has 2 N–H and O–H groups in total. The van der Waals surface area contributed by atoms with Crippen molar-refractivity contribution in [1.29, 1.82) is 0 Å². The van der Waals surface area contributed by atoms with Gasteiger partial charge in [-0.25, -0.2) is 0 Å². The first-order valence-corrected chi connectivity index (χ1v) is 8.58. The second-order valence-electron chi connectivity index (χ2n) is 5.77. The lowest BCUT2D eigenvalue weighted by molar-refractivity contribution is 0.102. The van der Waals surface area contributed by atoms with Crippen LogP contribution in [0.5, 0.6) is 0 Å². The average molecular weight is 376 g/mol. The van der Waals surface area contributed by atoms with Gasteiger partial charge in [0, 0.05) is 22.2 Å². The van der Waals surface area contributed by atoms with Gasteiger partial charge in [0.05, 0.1) is 11.2 Å². The van der Waals surface area contributed by atoms with Gasteiger partial charge in [0.1, 0.15) is 0 Å². The van der Waals surface area contributed by atoms with Crippen LogP contribution in [0, 0.1) is 0 Å². The molecule has 27 heavy (non-hydrogen) atoms. The van der Waals surface area contributed by atoms with E-state index in [1.54, 1.807) is 42.6 Å². The molecule has 7 heteroatoms. The Kier molecular flexibility index (Phi) is 4.63. The molecule has 0 aliphatic heterocycles. The number of anilines is 3. The number of aromatic nitrogens is 3. The van der Waals surface area contributed by atoms with Crippen molar-refractivity contribution in [2.45, 2.75) is 0 Å². The molecule has 0 radical (unpaired) electrons. The summed E-state index contributed by atoms with van der Waals surface area (Å²) in [5, 5.41) is 15.6. The van der Waals surface area contributed by atoms with E-state index in [9.17, 15) is 4.79 Å². The number of carbonyl (C=O) groups excluding carboxylic acids is 1. The van der Waals surface area contributed by atoms with E-state index in [1.165, 1.54) is 0 Å². The molecule has 0 fully saturated rings. The topological polar surface area (TPSA) is 79.8 Å². The predicted molar refractivity (Wildman–Crippen MR) is 106 cm³/mol. The fourth-order valence-corrected chi connectivity index (χ4v) is 2.82. The van der Waals surface area contributed by atoms with Crippen LogP contribution in [0.1, 0.15) is 10.4 Å². The number of rotatable bonds is 4. The van der Waals surface area contributed by atoms with Gasteiger partial charge in [0.2, 0.25) is 0 Å². The van der Waals surface area contributed by atoms with Crippen LogP contribution in [0.4, 0.5) is 17.3 Å². The maximum atomic E-state index is 12.2. The number of carbonyl (C=O) groups is 1. The van der Waals surface area contributed by atoms with Crippen LogP contribution in [0.25, 0.3) is 10.9 Å². The summed E-state index contributed by atoms with van der Waals surface area (Å²) in [7, 11) is 0. The minimum Gasteiger partial charge on any atom is -0.337 e. The Hall–Kier alpha value is -3.51. The molecule has 0 aliphatic carbocycles. The molecule has 2 aromatic carbocycles. The van der Waals surface area contributed by atoms with Crippen molar-refractivity contribution in [2.75, 3.05) is 10.6 Å². The van der Waals surface area contributed by atoms with Crippen molar-refractivity contribution in [1.82, 2.24) is 15.2 Å². The van der Waals surface area contributed by atoms with Gasteiger partial charge in [0.25, 0.3) is 5.91 Å². The SMILES string of the molecule is O=C(Nc1ccc(Nc2cccc3cccnc23)nn1)c1cccc(Cl)c1. The number of fused-ring (bicyclic) bond motifs is 1. The Morgan fingerprint density at radius 1 is 0.889 bits per heavy atom. The molecule has 2 aromatic heterocycles. The first-order valence-electron chi connectivity index (χ1n) is 8.20. The fraction of sp³-hybridized carbons (Fsp3) is 0. The molecule has 4 aromatic rings. The number of benzene rings is 2. The van der Waals surface area contributed by atoms with Crippen LogP contribution in [-0.4, -0.2) is 21.1 Å². The van der Waals surface area contributed by atoms with E-state index < -0.39 is 0 Å². The molecule has 0 saturated carbocycles. The predicted octanol–water partition coefficient (Wildman–Crippen LogP) is 4.67. The molecular formula is C20H14ClN5O. The Balaban J connectivity index is 1.50. The summed E-state index contributed by atoms with van der Waals surface area (Å²) >= 11 is 5.91. The number of nitrogens with one attached hydrogen (secondary N) is 2. The summed E-state index contributed by atoms with van der Waals surface area (Å²) in [4.78, 5) is 16.6. The molecular weight excluding hydrogens is 362 g/mol. The maximum Gasteiger partial charge on any atom is 0.256 e. The Morgan fingerprint density at radius 2 is 1.67 bits per heavy atom. The summed E-state index contributed by atoms with van der Waals surface area (Å²) in [6, 6.07) is 19.9. The van der Waals surface area contributed by atoms with Gasteiger partial charge in [-0.2, -0.15) is 0 Å². The lowest BCUT2D eigenvalue weighted by Crippen LogP contribution is -2.13. The van der Waals surface area contributed by atoms with Crippen LogP contribution in [0.3, 0.4) is 0 Å². The van der Waals surface area contributed by atoms with Crippen LogP contribution in [0.15, 0.2) is 72.9 Å². The zero-order valence-corrected chi connectivity index (χ0v) is 14.8. The van der Waals surface area contributed by atoms with Gasteiger partial charge < -0.3 is 10.6 Å². The number of hydrogen-bond donors (Lipinski definition) is 2. The molecule has 6 nitrogen and oxygen atoms in total. The molecule has 0 spiro atoms. The van der Waals surface area contributed by atoms with Crippen LogP contribution in [0.2, 0.25) is 5.02 Å². The molecule has 0 unspecified atom stereocenters. The van der Waals surface area contributed by atoms with Crippen molar-refractivity contribution in [3.8, 4) is 0 Å². The van der Waals surface area contributed by atoms with E-state index in [2.05, 4.69) is 25.8 Å². The summed E-state index contributed by atoms with van der Waals surface area (Å²) in [6.45, 7) is 0. The Labute approximate surface area is 160 Å². The third kappa shape index (κ3) is 3.86. The molecule has 2 heterocycles. The first-order chi connectivity index (χ1) is 13.2. The Bertz CT molecular complexity index is 1110. The molecule has 4 rings (SSSR count). The third-order valence-corrected chi connectivity index (χ3v) is 4.12. The van der Waals surface area contributed by atoms with Gasteiger partial charge in [-0.05, 0) is 42.5 Å². The van der Waals surface area contributed by atoms with Crippen molar-refractivity contribution in [3.05, 3.63) is 83.5 Å². The van der Waals surface area contributed by atoms with Gasteiger partial charge >= 0.3 is 0 Å². The zero-order chi connectivity index (χ0) is 18.6. The summed E-state index contributed by atoms with van der Waals surface area (Å²) < 4.78 is 0. The molecule has 132 valence electrons. The van der Waals surface area contributed by atoms with E-state index in [0.717, 1.165) is 16.6 Å². The highest BCUT2D eigenvalue weighted by Gasteiger charge is 2.08. The van der Waals surface area contributed by atoms with E-state index in [0.29, 0.717) is 22.2 Å². The van der Waals surface area contributed by atoms with Crippen LogP contribution >= 0.6 is 11.6 Å². The normalized spacial score (nSPS) is 10.6. The van der Waals surface area contributed by atoms with E-state index in [-0.39, 0.29) is 5.91 Å². The number of pyridine rings is 1. The minimum absolute atomic E-state index is 0.300. The van der Waals surface area contributed by atoms with Crippen LogP contribution < -0.4 is 10.6 Å². The largest absolute Gasteiger partial charge is 0.337 e. The van der Waals surface area contributed by atoms with Crippen molar-refractivity contribution < 1.29 is 4.79 Å². The Morgan fingerprint density at radius 3 is 2.48 bits per heavy atom. The molecule has 0 aliphatic rings. The number of nitrogens with zero attached hydrogens (tertiary/aromatic N) is 3. The standard InChI is InChI=1S/C20H14ClN5O/c21-15-7-1-5-14(12-15)20(27)24-18-10-9-17(25-26-18)23-16-8-2-4-13-6-3-11-22-19(13)16/h1-12H,(H,23,25)(H,24,26,27). The molecule has 0 atom stereocenters. The highest BCUT2D eigenvalue weighted by molar-refractivity contribution is 6.31. The summed E-state index contributed by atoms with van der Waals surface area (Å²) in [6.07, 6.45) is 1.74. The third-order valence-electron chi connectivity index (χ3n) is 3.89. The monoisotopic (exact) mass is 375 g/mol. The summed E-state index contributed by atoms with van der Waals surface area (Å²) in [5.41, 5.74) is 2.13. The van der Waals surface area contributed by atoms with Crippen molar-refractivity contribution in [2.24, 2.45) is 0 Å². The number of hydrogen-bond acceptors (Lipinski definition) is 5. The number of halogens is 1. The average Bonchev–Trinajstić information content (AvgIpc) is 2.70. The number of amides is 1. The molecule has 0 bridgehead atoms. The molecule has 0 saturated heterocycles. The smallest absolute Gasteiger partial charge is 0.256 e. The van der Waals surface area contributed by atoms with E-state index in [1.807, 2.05) is 30.3 Å². The first kappa shape index (κ1) is 16.9. The fourth-order valence-electron chi connectivity index (χ4n) is 2.63. The number of para-hydroxylation sites is 1. The van der Waals surface area contributed by atoms with Gasteiger partial charge in [0.15, 0.2) is 11.6 Å². The lowest BCUT2D eigenvalue weighted by atomic mass is 10.2. The maximum absolute atomic E-state index is 12.2.